The lowest BCUT2D eigenvalue weighted by Gasteiger charge is -2.13. The molecule has 0 N–H and O–H groups in total. The minimum Gasteiger partial charge on any atom is -0.461 e. The molecule has 20 heavy (non-hydrogen) atoms. The van der Waals surface area contributed by atoms with Crippen molar-refractivity contribution in [2.45, 2.75) is 40.0 Å². The molecule has 0 radical (unpaired) electrons. The number of thiazole rings is 2. The molecule has 6 heteroatoms. The van der Waals surface area contributed by atoms with E-state index in [0.717, 1.165) is 20.6 Å². The molecule has 0 aliphatic rings. The minimum absolute atomic E-state index is 0.0270. The van der Waals surface area contributed by atoms with Crippen molar-refractivity contribution in [1.29, 1.82) is 0 Å². The predicted octanol–water partition coefficient (Wildman–Crippen LogP) is 4.05. The summed E-state index contributed by atoms with van der Waals surface area (Å²) in [5.74, 6) is -0.362. The molecular weight excluding hydrogens is 292 g/mol. The van der Waals surface area contributed by atoms with Crippen molar-refractivity contribution in [3.05, 3.63) is 21.0 Å². The highest BCUT2D eigenvalue weighted by atomic mass is 32.1. The monoisotopic (exact) mass is 310 g/mol. The van der Waals surface area contributed by atoms with E-state index < -0.39 is 0 Å². The van der Waals surface area contributed by atoms with E-state index in [9.17, 15) is 4.79 Å². The molecule has 2 rings (SSSR count). The fraction of sp³-hybridized carbons (Fsp3) is 0.500. The van der Waals surface area contributed by atoms with Crippen LogP contribution < -0.4 is 0 Å². The van der Waals surface area contributed by atoms with Crippen molar-refractivity contribution in [2.24, 2.45) is 0 Å². The third kappa shape index (κ3) is 3.07. The Kier molecular flexibility index (Phi) is 4.25. The lowest BCUT2D eigenvalue weighted by Crippen LogP contribution is -2.10. The summed E-state index contributed by atoms with van der Waals surface area (Å²) < 4.78 is 5.00. The van der Waals surface area contributed by atoms with Gasteiger partial charge in [-0.3, -0.25) is 0 Å². The molecule has 0 unspecified atom stereocenters. The highest BCUT2D eigenvalue weighted by molar-refractivity contribution is 7.16. The molecule has 0 fully saturated rings. The lowest BCUT2D eigenvalue weighted by atomic mass is 9.98. The van der Waals surface area contributed by atoms with E-state index in [1.807, 2.05) is 12.3 Å². The molecule has 0 aliphatic heterocycles. The number of carbonyl (C=O) groups excluding carboxylic acids is 1. The number of rotatable bonds is 3. The smallest absolute Gasteiger partial charge is 0.358 e. The van der Waals surface area contributed by atoms with Crippen LogP contribution in [0, 0.1) is 6.92 Å². The highest BCUT2D eigenvalue weighted by Gasteiger charge is 2.22. The maximum absolute atomic E-state index is 11.8. The normalized spacial score (nSPS) is 11.7. The summed E-state index contributed by atoms with van der Waals surface area (Å²) in [6, 6.07) is 0. The maximum Gasteiger partial charge on any atom is 0.358 e. The van der Waals surface area contributed by atoms with E-state index >= 15 is 0 Å². The summed E-state index contributed by atoms with van der Waals surface area (Å²) in [5, 5.41) is 3.84. The van der Waals surface area contributed by atoms with Gasteiger partial charge in [-0.15, -0.1) is 22.7 Å². The van der Waals surface area contributed by atoms with Crippen molar-refractivity contribution in [3.63, 3.8) is 0 Å². The zero-order chi connectivity index (χ0) is 14.9. The summed E-state index contributed by atoms with van der Waals surface area (Å²) in [6.07, 6.45) is 0. The Morgan fingerprint density at radius 3 is 2.60 bits per heavy atom. The number of nitrogens with zero attached hydrogens (tertiary/aromatic N) is 2. The number of hydrogen-bond donors (Lipinski definition) is 0. The molecule has 0 bridgehead atoms. The van der Waals surface area contributed by atoms with Gasteiger partial charge in [0.2, 0.25) is 0 Å². The molecule has 0 atom stereocenters. The van der Waals surface area contributed by atoms with E-state index in [1.54, 1.807) is 18.3 Å². The summed E-state index contributed by atoms with van der Waals surface area (Å²) in [5.41, 5.74) is 1.26. The van der Waals surface area contributed by atoms with Crippen LogP contribution in [0.4, 0.5) is 0 Å². The third-order valence-electron chi connectivity index (χ3n) is 2.63. The number of aryl methyl sites for hydroxylation is 1. The Morgan fingerprint density at radius 1 is 1.35 bits per heavy atom. The van der Waals surface area contributed by atoms with Crippen LogP contribution in [0.15, 0.2) is 5.38 Å². The van der Waals surface area contributed by atoms with Gasteiger partial charge in [-0.05, 0) is 13.8 Å². The van der Waals surface area contributed by atoms with E-state index in [1.165, 1.54) is 11.3 Å². The van der Waals surface area contributed by atoms with Crippen LogP contribution in [-0.2, 0) is 10.2 Å². The maximum atomic E-state index is 11.8. The molecule has 0 aromatic carbocycles. The number of ether oxygens (including phenoxy) is 1. The predicted molar refractivity (Wildman–Crippen MR) is 82.6 cm³/mol. The van der Waals surface area contributed by atoms with Crippen LogP contribution in [0.2, 0.25) is 0 Å². The lowest BCUT2D eigenvalue weighted by molar-refractivity contribution is 0.0519. The first-order valence-corrected chi connectivity index (χ1v) is 8.13. The Morgan fingerprint density at radius 2 is 2.05 bits per heavy atom. The van der Waals surface area contributed by atoms with Gasteiger partial charge in [0, 0.05) is 15.7 Å². The fourth-order valence-corrected chi connectivity index (χ4v) is 3.44. The van der Waals surface area contributed by atoms with Crippen molar-refractivity contribution < 1.29 is 9.53 Å². The van der Waals surface area contributed by atoms with Gasteiger partial charge in [-0.25, -0.2) is 14.8 Å². The second-order valence-corrected chi connectivity index (χ2v) is 7.49. The second-order valence-electron chi connectivity index (χ2n) is 5.43. The topological polar surface area (TPSA) is 52.1 Å². The molecule has 0 saturated carbocycles. The second kappa shape index (κ2) is 5.61. The van der Waals surface area contributed by atoms with Crippen molar-refractivity contribution in [1.82, 2.24) is 9.97 Å². The molecule has 0 amide bonds. The Labute approximate surface area is 126 Å². The average Bonchev–Trinajstić information content (AvgIpc) is 2.94. The summed E-state index contributed by atoms with van der Waals surface area (Å²) >= 11 is 3.10. The first-order valence-electron chi connectivity index (χ1n) is 6.44. The van der Waals surface area contributed by atoms with Crippen molar-refractivity contribution >= 4 is 28.6 Å². The molecule has 0 aliphatic carbocycles. The van der Waals surface area contributed by atoms with Crippen LogP contribution in [0.1, 0.15) is 48.1 Å². The van der Waals surface area contributed by atoms with E-state index in [2.05, 4.69) is 30.7 Å². The first-order chi connectivity index (χ1) is 9.32. The number of aromatic nitrogens is 2. The SMILES string of the molecule is CCOC(=O)c1nc(-c2csc(C(C)(C)C)n2)sc1C. The van der Waals surface area contributed by atoms with E-state index in [-0.39, 0.29) is 11.4 Å². The highest BCUT2D eigenvalue weighted by Crippen LogP contribution is 2.32. The van der Waals surface area contributed by atoms with E-state index in [0.29, 0.717) is 12.3 Å². The van der Waals surface area contributed by atoms with Crippen LogP contribution in [-0.4, -0.2) is 22.5 Å². The Bertz CT molecular complexity index is 623. The van der Waals surface area contributed by atoms with Gasteiger partial charge >= 0.3 is 5.97 Å². The van der Waals surface area contributed by atoms with Gasteiger partial charge in [0.15, 0.2) is 5.69 Å². The van der Waals surface area contributed by atoms with Gasteiger partial charge in [-0.1, -0.05) is 20.8 Å². The van der Waals surface area contributed by atoms with Gasteiger partial charge in [0.25, 0.3) is 0 Å². The summed E-state index contributed by atoms with van der Waals surface area (Å²) in [4.78, 5) is 21.7. The fourth-order valence-electron chi connectivity index (χ4n) is 1.61. The Hall–Kier alpha value is -1.27. The molecule has 2 aromatic heterocycles. The largest absolute Gasteiger partial charge is 0.461 e. The third-order valence-corrected chi connectivity index (χ3v) is 4.89. The molecule has 2 aromatic rings. The Balaban J connectivity index is 2.33. The van der Waals surface area contributed by atoms with Gasteiger partial charge in [0.1, 0.15) is 10.7 Å². The summed E-state index contributed by atoms with van der Waals surface area (Å²) in [7, 11) is 0. The molecule has 0 spiro atoms. The van der Waals surface area contributed by atoms with Gasteiger partial charge in [-0.2, -0.15) is 0 Å². The average molecular weight is 310 g/mol. The first kappa shape index (κ1) is 15.1. The van der Waals surface area contributed by atoms with Crippen LogP contribution >= 0.6 is 22.7 Å². The molecule has 0 saturated heterocycles. The molecule has 108 valence electrons. The minimum atomic E-state index is -0.362. The van der Waals surface area contributed by atoms with Crippen LogP contribution in [0.3, 0.4) is 0 Å². The number of hydrogen-bond acceptors (Lipinski definition) is 6. The number of esters is 1. The molecule has 4 nitrogen and oxygen atoms in total. The zero-order valence-electron chi connectivity index (χ0n) is 12.3. The van der Waals surface area contributed by atoms with Gasteiger partial charge in [0.05, 0.1) is 11.6 Å². The van der Waals surface area contributed by atoms with Gasteiger partial charge < -0.3 is 4.74 Å². The standard InChI is InChI=1S/C14H18N2O2S2/c1-6-18-12(17)10-8(2)20-11(16-10)9-7-19-13(15-9)14(3,4)5/h7H,6H2,1-5H3. The zero-order valence-corrected chi connectivity index (χ0v) is 13.9. The molecular formula is C14H18N2O2S2. The van der Waals surface area contributed by atoms with E-state index in [4.69, 9.17) is 4.74 Å². The van der Waals surface area contributed by atoms with Crippen LogP contribution in [0.25, 0.3) is 10.7 Å². The quantitative estimate of drug-likeness (QED) is 0.803. The number of carbonyl (C=O) groups is 1. The van der Waals surface area contributed by atoms with Crippen molar-refractivity contribution in [3.8, 4) is 10.7 Å². The summed E-state index contributed by atoms with van der Waals surface area (Å²) in [6.45, 7) is 10.4. The molecule has 2 heterocycles. The van der Waals surface area contributed by atoms with Crippen LogP contribution in [0.5, 0.6) is 0 Å². The van der Waals surface area contributed by atoms with Crippen molar-refractivity contribution in [2.75, 3.05) is 6.61 Å².